The lowest BCUT2D eigenvalue weighted by molar-refractivity contribution is -0.110. The maximum atomic E-state index is 13.7. The molecule has 0 saturated carbocycles. The Bertz CT molecular complexity index is 1250. The first-order valence-electron chi connectivity index (χ1n) is 8.49. The maximum Gasteiger partial charge on any atom is 0.268 e. The summed E-state index contributed by atoms with van der Waals surface area (Å²) in [6.45, 7) is 1.84. The van der Waals surface area contributed by atoms with E-state index in [-0.39, 0.29) is 21.9 Å². The van der Waals surface area contributed by atoms with Crippen molar-refractivity contribution in [3.8, 4) is 0 Å². The van der Waals surface area contributed by atoms with Gasteiger partial charge in [-0.15, -0.1) is 0 Å². The molecule has 1 aliphatic carbocycles. The average molecular weight is 397 g/mol. The smallest absolute Gasteiger partial charge is 0.268 e. The van der Waals surface area contributed by atoms with E-state index in [0.717, 1.165) is 15.6 Å². The molecule has 1 heterocycles. The summed E-state index contributed by atoms with van der Waals surface area (Å²) in [4.78, 5) is 11.5. The highest BCUT2D eigenvalue weighted by Crippen LogP contribution is 2.35. The van der Waals surface area contributed by atoms with Gasteiger partial charge in [-0.05, 0) is 67.6 Å². The van der Waals surface area contributed by atoms with E-state index in [4.69, 9.17) is 0 Å². The maximum absolute atomic E-state index is 13.7. The van der Waals surface area contributed by atoms with E-state index in [1.54, 1.807) is 12.1 Å². The van der Waals surface area contributed by atoms with Gasteiger partial charge in [0.25, 0.3) is 10.0 Å². The van der Waals surface area contributed by atoms with E-state index in [9.17, 15) is 22.7 Å². The highest BCUT2D eigenvalue weighted by molar-refractivity contribution is 7.90. The molecular weight excluding hydrogens is 381 g/mol. The van der Waals surface area contributed by atoms with Gasteiger partial charge < -0.3 is 5.11 Å². The van der Waals surface area contributed by atoms with Crippen LogP contribution in [-0.4, -0.2) is 23.3 Å². The molecular formula is C21H16FNO4S. The number of carbonyl (C=O) groups is 1. The molecule has 1 aromatic heterocycles. The number of carbonyl (C=O) groups excluding carboxylic acids is 1. The summed E-state index contributed by atoms with van der Waals surface area (Å²) in [7, 11) is -4.10. The van der Waals surface area contributed by atoms with Crippen molar-refractivity contribution in [1.29, 1.82) is 0 Å². The minimum absolute atomic E-state index is 0.00586. The van der Waals surface area contributed by atoms with Gasteiger partial charge in [-0.3, -0.25) is 4.79 Å². The third-order valence-corrected chi connectivity index (χ3v) is 6.43. The second-order valence-electron chi connectivity index (χ2n) is 6.71. The standard InChI is InChI=1S/C21H16FNO4S/c1-14-2-5-18(6-3-14)28(26,27)23-19-7-4-16(22)12-15(19)13-20(23)21(25)10-8-17(24)9-11-21/h2-13,25H,1H3. The molecule has 0 spiro atoms. The zero-order valence-corrected chi connectivity index (χ0v) is 15.7. The topological polar surface area (TPSA) is 76.4 Å². The molecule has 0 aliphatic heterocycles. The van der Waals surface area contributed by atoms with Crippen LogP contribution < -0.4 is 0 Å². The van der Waals surface area contributed by atoms with Crippen LogP contribution in [0.15, 0.2) is 77.7 Å². The Hall–Kier alpha value is -3.03. The number of ketones is 1. The molecule has 3 aromatic rings. The molecule has 0 unspecified atom stereocenters. The lowest BCUT2D eigenvalue weighted by atomic mass is 9.94. The fourth-order valence-corrected chi connectivity index (χ4v) is 4.79. The van der Waals surface area contributed by atoms with Crippen molar-refractivity contribution in [2.75, 3.05) is 0 Å². The average Bonchev–Trinajstić information content (AvgIpc) is 3.05. The predicted octanol–water partition coefficient (Wildman–Crippen LogP) is 3.21. The Morgan fingerprint density at radius 3 is 2.29 bits per heavy atom. The lowest BCUT2D eigenvalue weighted by Gasteiger charge is -2.24. The van der Waals surface area contributed by atoms with Crippen molar-refractivity contribution in [3.05, 3.63) is 89.9 Å². The van der Waals surface area contributed by atoms with E-state index < -0.39 is 21.4 Å². The van der Waals surface area contributed by atoms with Crippen LogP contribution in [0.3, 0.4) is 0 Å². The van der Waals surface area contributed by atoms with Gasteiger partial charge in [0.05, 0.1) is 16.1 Å². The first-order valence-corrected chi connectivity index (χ1v) is 9.93. The summed E-state index contributed by atoms with van der Waals surface area (Å²) in [5.41, 5.74) is -0.715. The van der Waals surface area contributed by atoms with Crippen LogP contribution in [0.1, 0.15) is 11.3 Å². The molecule has 28 heavy (non-hydrogen) atoms. The van der Waals surface area contributed by atoms with Gasteiger partial charge in [0.2, 0.25) is 0 Å². The molecule has 5 nitrogen and oxygen atoms in total. The zero-order chi connectivity index (χ0) is 20.1. The van der Waals surface area contributed by atoms with Gasteiger partial charge in [0.1, 0.15) is 11.4 Å². The van der Waals surface area contributed by atoms with E-state index in [0.29, 0.717) is 5.39 Å². The lowest BCUT2D eigenvalue weighted by Crippen LogP contribution is -2.29. The van der Waals surface area contributed by atoms with E-state index in [1.807, 2.05) is 6.92 Å². The van der Waals surface area contributed by atoms with Gasteiger partial charge in [-0.1, -0.05) is 17.7 Å². The Morgan fingerprint density at radius 1 is 1.00 bits per heavy atom. The van der Waals surface area contributed by atoms with Gasteiger partial charge in [0.15, 0.2) is 5.78 Å². The number of hydrogen-bond acceptors (Lipinski definition) is 4. The van der Waals surface area contributed by atoms with Crippen LogP contribution in [0.5, 0.6) is 0 Å². The minimum atomic E-state index is -4.10. The minimum Gasteiger partial charge on any atom is -0.376 e. The Kier molecular flexibility index (Phi) is 4.10. The molecule has 0 atom stereocenters. The number of allylic oxidation sites excluding steroid dienone is 2. The molecule has 0 saturated heterocycles. The SMILES string of the molecule is Cc1ccc(S(=O)(=O)n2c(C3(O)C=CC(=O)C=C3)cc3cc(F)ccc32)cc1. The fraction of sp³-hybridized carbons (Fsp3) is 0.0952. The molecule has 2 aromatic carbocycles. The normalized spacial score (nSPS) is 16.0. The number of benzene rings is 2. The number of halogens is 1. The second kappa shape index (κ2) is 6.25. The van der Waals surface area contributed by atoms with E-state index in [2.05, 4.69) is 0 Å². The number of aryl methyl sites for hydroxylation is 1. The highest BCUT2D eigenvalue weighted by atomic mass is 32.2. The number of fused-ring (bicyclic) bond motifs is 1. The van der Waals surface area contributed by atoms with Crippen molar-refractivity contribution in [3.63, 3.8) is 0 Å². The fourth-order valence-electron chi connectivity index (χ4n) is 3.21. The summed E-state index contributed by atoms with van der Waals surface area (Å²) in [6, 6.07) is 11.4. The van der Waals surface area contributed by atoms with Crippen LogP contribution in [0.2, 0.25) is 0 Å². The molecule has 0 bridgehead atoms. The van der Waals surface area contributed by atoms with Gasteiger partial charge in [-0.25, -0.2) is 16.8 Å². The van der Waals surface area contributed by atoms with Gasteiger partial charge in [0, 0.05) is 5.39 Å². The van der Waals surface area contributed by atoms with E-state index in [1.165, 1.54) is 54.6 Å². The summed E-state index contributed by atoms with van der Waals surface area (Å²) in [5, 5.41) is 11.4. The summed E-state index contributed by atoms with van der Waals surface area (Å²) < 4.78 is 41.6. The van der Waals surface area contributed by atoms with Crippen molar-refractivity contribution in [1.82, 2.24) is 3.97 Å². The second-order valence-corrected chi connectivity index (χ2v) is 8.50. The largest absolute Gasteiger partial charge is 0.376 e. The van der Waals surface area contributed by atoms with E-state index >= 15 is 0 Å². The van der Waals surface area contributed by atoms with Gasteiger partial charge in [-0.2, -0.15) is 0 Å². The summed E-state index contributed by atoms with van der Waals surface area (Å²) >= 11 is 0. The van der Waals surface area contributed by atoms with Crippen LogP contribution in [0.4, 0.5) is 4.39 Å². The molecule has 1 N–H and O–H groups in total. The monoisotopic (exact) mass is 397 g/mol. The van der Waals surface area contributed by atoms with Crippen molar-refractivity contribution in [2.24, 2.45) is 0 Å². The Morgan fingerprint density at radius 2 is 1.64 bits per heavy atom. The molecule has 142 valence electrons. The van der Waals surface area contributed by atoms with Crippen molar-refractivity contribution < 1.29 is 22.7 Å². The molecule has 0 radical (unpaired) electrons. The number of aliphatic hydroxyl groups is 1. The zero-order valence-electron chi connectivity index (χ0n) is 14.8. The first kappa shape index (κ1) is 18.3. The molecule has 4 rings (SSSR count). The highest BCUT2D eigenvalue weighted by Gasteiger charge is 2.35. The van der Waals surface area contributed by atoms with Crippen LogP contribution in [0, 0.1) is 12.7 Å². The number of rotatable bonds is 3. The summed E-state index contributed by atoms with van der Waals surface area (Å²) in [5.74, 6) is -0.847. The number of aromatic nitrogens is 1. The predicted molar refractivity (Wildman–Crippen MR) is 103 cm³/mol. The molecule has 0 amide bonds. The molecule has 0 fully saturated rings. The Labute approximate surface area is 161 Å². The quantitative estimate of drug-likeness (QED) is 0.736. The van der Waals surface area contributed by atoms with Crippen LogP contribution in [0.25, 0.3) is 10.9 Å². The number of nitrogens with zero attached hydrogens (tertiary/aromatic N) is 1. The molecule has 7 heteroatoms. The van der Waals surface area contributed by atoms with Crippen molar-refractivity contribution in [2.45, 2.75) is 17.4 Å². The first-order chi connectivity index (χ1) is 13.2. The third kappa shape index (κ3) is 2.89. The third-order valence-electron chi connectivity index (χ3n) is 4.69. The van der Waals surface area contributed by atoms with Gasteiger partial charge >= 0.3 is 0 Å². The van der Waals surface area contributed by atoms with Crippen LogP contribution in [-0.2, 0) is 20.4 Å². The van der Waals surface area contributed by atoms with Crippen molar-refractivity contribution >= 4 is 26.7 Å². The number of hydrogen-bond donors (Lipinski definition) is 1. The molecule has 1 aliphatic rings. The Balaban J connectivity index is 2.04. The van der Waals surface area contributed by atoms with Crippen LogP contribution >= 0.6 is 0 Å². The summed E-state index contributed by atoms with van der Waals surface area (Å²) in [6.07, 6.45) is 4.78.